The van der Waals surface area contributed by atoms with Crippen molar-refractivity contribution in [3.05, 3.63) is 45.9 Å². The van der Waals surface area contributed by atoms with E-state index in [9.17, 15) is 9.59 Å². The highest BCUT2D eigenvalue weighted by Crippen LogP contribution is 2.15. The van der Waals surface area contributed by atoms with E-state index in [-0.39, 0.29) is 30.7 Å². The number of thiazole rings is 1. The molecule has 0 unspecified atom stereocenters. The van der Waals surface area contributed by atoms with Crippen LogP contribution in [0, 0.1) is 0 Å². The Morgan fingerprint density at radius 3 is 2.83 bits per heavy atom. The number of rotatable bonds is 7. The fraction of sp³-hybridized carbons (Fsp3) is 0.312. The molecular formula is C16H18N2O4S. The fourth-order valence-electron chi connectivity index (χ4n) is 1.91. The summed E-state index contributed by atoms with van der Waals surface area (Å²) in [6.45, 7) is 4.11. The van der Waals surface area contributed by atoms with Crippen LogP contribution in [0.25, 0.3) is 0 Å². The minimum Gasteiger partial charge on any atom is -0.491 e. The molecule has 0 aliphatic rings. The van der Waals surface area contributed by atoms with Gasteiger partial charge in [0.25, 0.3) is 0 Å². The standard InChI is InChI=1S/C16H18N2O4S/c1-10(2)22-12-5-3-4-11(6-12)7-14(19)17-8-15-18-13(9-23-15)16(20)21/h3-6,9-10H,7-8H2,1-2H3,(H,17,19)(H,20,21). The number of benzene rings is 1. The van der Waals surface area contributed by atoms with Crippen LogP contribution in [0.3, 0.4) is 0 Å². The maximum Gasteiger partial charge on any atom is 0.355 e. The Balaban J connectivity index is 1.87. The van der Waals surface area contributed by atoms with Crippen LogP contribution < -0.4 is 10.1 Å². The predicted molar refractivity (Wildman–Crippen MR) is 86.8 cm³/mol. The Labute approximate surface area is 138 Å². The molecule has 1 amide bonds. The molecular weight excluding hydrogens is 316 g/mol. The van der Waals surface area contributed by atoms with Crippen molar-refractivity contribution in [1.82, 2.24) is 10.3 Å². The summed E-state index contributed by atoms with van der Waals surface area (Å²) in [4.78, 5) is 26.6. The first-order chi connectivity index (χ1) is 10.9. The first-order valence-electron chi connectivity index (χ1n) is 7.14. The Morgan fingerprint density at radius 1 is 1.39 bits per heavy atom. The molecule has 0 bridgehead atoms. The molecule has 7 heteroatoms. The normalized spacial score (nSPS) is 10.6. The highest BCUT2D eigenvalue weighted by atomic mass is 32.1. The van der Waals surface area contributed by atoms with Crippen molar-refractivity contribution in [3.8, 4) is 5.75 Å². The van der Waals surface area contributed by atoms with E-state index in [4.69, 9.17) is 9.84 Å². The van der Waals surface area contributed by atoms with E-state index in [0.29, 0.717) is 5.01 Å². The second kappa shape index (κ2) is 7.73. The summed E-state index contributed by atoms with van der Waals surface area (Å²) in [5, 5.41) is 13.6. The smallest absolute Gasteiger partial charge is 0.355 e. The lowest BCUT2D eigenvalue weighted by Crippen LogP contribution is -2.24. The number of carboxylic acids is 1. The summed E-state index contributed by atoms with van der Waals surface area (Å²) in [6.07, 6.45) is 0.305. The van der Waals surface area contributed by atoms with Crippen LogP contribution in [0.2, 0.25) is 0 Å². The van der Waals surface area contributed by atoms with E-state index < -0.39 is 5.97 Å². The summed E-state index contributed by atoms with van der Waals surface area (Å²) >= 11 is 1.21. The maximum atomic E-state index is 12.0. The molecule has 0 saturated heterocycles. The largest absolute Gasteiger partial charge is 0.491 e. The van der Waals surface area contributed by atoms with Crippen LogP contribution in [0.4, 0.5) is 0 Å². The van der Waals surface area contributed by atoms with Gasteiger partial charge in [-0.3, -0.25) is 4.79 Å². The van der Waals surface area contributed by atoms with Crippen molar-refractivity contribution < 1.29 is 19.4 Å². The molecule has 0 aliphatic carbocycles. The van der Waals surface area contributed by atoms with Gasteiger partial charge in [-0.05, 0) is 31.5 Å². The van der Waals surface area contributed by atoms with Gasteiger partial charge in [0.15, 0.2) is 5.69 Å². The van der Waals surface area contributed by atoms with E-state index in [1.165, 1.54) is 16.7 Å². The maximum absolute atomic E-state index is 12.0. The summed E-state index contributed by atoms with van der Waals surface area (Å²) in [5.41, 5.74) is 0.851. The molecule has 0 spiro atoms. The lowest BCUT2D eigenvalue weighted by molar-refractivity contribution is -0.120. The number of nitrogens with one attached hydrogen (secondary N) is 1. The van der Waals surface area contributed by atoms with Gasteiger partial charge < -0.3 is 15.2 Å². The van der Waals surface area contributed by atoms with Crippen LogP contribution >= 0.6 is 11.3 Å². The van der Waals surface area contributed by atoms with Crippen molar-refractivity contribution in [2.75, 3.05) is 0 Å². The molecule has 1 aromatic heterocycles. The zero-order valence-electron chi connectivity index (χ0n) is 12.9. The highest BCUT2D eigenvalue weighted by Gasteiger charge is 2.10. The minimum absolute atomic E-state index is 0.00205. The molecule has 0 saturated carbocycles. The molecule has 0 atom stereocenters. The van der Waals surface area contributed by atoms with Gasteiger partial charge in [-0.25, -0.2) is 9.78 Å². The minimum atomic E-state index is -1.07. The number of nitrogens with zero attached hydrogens (tertiary/aromatic N) is 1. The number of ether oxygens (including phenoxy) is 1. The lowest BCUT2D eigenvalue weighted by atomic mass is 10.1. The third kappa shape index (κ3) is 5.37. The van der Waals surface area contributed by atoms with Gasteiger partial charge in [-0.15, -0.1) is 11.3 Å². The Kier molecular flexibility index (Phi) is 5.70. The van der Waals surface area contributed by atoms with E-state index in [2.05, 4.69) is 10.3 Å². The number of hydrogen-bond donors (Lipinski definition) is 2. The van der Waals surface area contributed by atoms with Crippen LogP contribution in [0.15, 0.2) is 29.6 Å². The third-order valence-electron chi connectivity index (χ3n) is 2.84. The number of carbonyl (C=O) groups is 2. The van der Waals surface area contributed by atoms with Crippen LogP contribution in [0.1, 0.15) is 34.9 Å². The molecule has 122 valence electrons. The van der Waals surface area contributed by atoms with Gasteiger partial charge in [0.1, 0.15) is 10.8 Å². The molecule has 23 heavy (non-hydrogen) atoms. The van der Waals surface area contributed by atoms with Gasteiger partial charge in [0.2, 0.25) is 5.91 Å². The van der Waals surface area contributed by atoms with Gasteiger partial charge >= 0.3 is 5.97 Å². The Hall–Kier alpha value is -2.41. The summed E-state index contributed by atoms with van der Waals surface area (Å²) < 4.78 is 5.60. The van der Waals surface area contributed by atoms with E-state index >= 15 is 0 Å². The average Bonchev–Trinajstić information content (AvgIpc) is 2.94. The molecule has 2 rings (SSSR count). The van der Waals surface area contributed by atoms with Gasteiger partial charge in [0.05, 0.1) is 19.1 Å². The topological polar surface area (TPSA) is 88.5 Å². The van der Waals surface area contributed by atoms with E-state index in [0.717, 1.165) is 11.3 Å². The van der Waals surface area contributed by atoms with Gasteiger partial charge in [-0.1, -0.05) is 12.1 Å². The molecule has 0 aliphatic heterocycles. The average molecular weight is 334 g/mol. The van der Waals surface area contributed by atoms with Gasteiger partial charge in [0, 0.05) is 5.38 Å². The van der Waals surface area contributed by atoms with Crippen molar-refractivity contribution in [1.29, 1.82) is 0 Å². The summed E-state index contributed by atoms with van der Waals surface area (Å²) in [7, 11) is 0. The zero-order valence-corrected chi connectivity index (χ0v) is 13.7. The summed E-state index contributed by atoms with van der Waals surface area (Å²) in [5.74, 6) is -0.490. The number of amides is 1. The second-order valence-corrected chi connectivity index (χ2v) is 6.14. The van der Waals surface area contributed by atoms with Crippen molar-refractivity contribution in [3.63, 3.8) is 0 Å². The quantitative estimate of drug-likeness (QED) is 0.812. The van der Waals surface area contributed by atoms with Crippen LogP contribution in [-0.2, 0) is 17.8 Å². The van der Waals surface area contributed by atoms with E-state index in [1.54, 1.807) is 0 Å². The molecule has 2 N–H and O–H groups in total. The zero-order chi connectivity index (χ0) is 16.8. The molecule has 1 heterocycles. The molecule has 6 nitrogen and oxygen atoms in total. The highest BCUT2D eigenvalue weighted by molar-refractivity contribution is 7.09. The van der Waals surface area contributed by atoms with Crippen molar-refractivity contribution >= 4 is 23.2 Å². The van der Waals surface area contributed by atoms with Crippen molar-refractivity contribution in [2.24, 2.45) is 0 Å². The van der Waals surface area contributed by atoms with Gasteiger partial charge in [-0.2, -0.15) is 0 Å². The molecule has 0 radical (unpaired) electrons. The lowest BCUT2D eigenvalue weighted by Gasteiger charge is -2.10. The number of carbonyl (C=O) groups excluding carboxylic acids is 1. The Bertz CT molecular complexity index is 697. The first-order valence-corrected chi connectivity index (χ1v) is 8.02. The third-order valence-corrected chi connectivity index (χ3v) is 3.69. The van der Waals surface area contributed by atoms with Crippen LogP contribution in [0.5, 0.6) is 5.75 Å². The number of hydrogen-bond acceptors (Lipinski definition) is 5. The van der Waals surface area contributed by atoms with Crippen LogP contribution in [-0.4, -0.2) is 28.1 Å². The molecule has 1 aromatic carbocycles. The number of aromatic carboxylic acids is 1. The molecule has 2 aromatic rings. The monoisotopic (exact) mass is 334 g/mol. The summed E-state index contributed by atoms with van der Waals surface area (Å²) in [6, 6.07) is 7.40. The number of aromatic nitrogens is 1. The second-order valence-electron chi connectivity index (χ2n) is 5.20. The Morgan fingerprint density at radius 2 is 2.17 bits per heavy atom. The van der Waals surface area contributed by atoms with Crippen molar-refractivity contribution in [2.45, 2.75) is 32.9 Å². The predicted octanol–water partition coefficient (Wildman–Crippen LogP) is 2.49. The fourth-order valence-corrected chi connectivity index (χ4v) is 2.62. The first kappa shape index (κ1) is 17.0. The molecule has 0 fully saturated rings. The SMILES string of the molecule is CC(C)Oc1cccc(CC(=O)NCc2nc(C(=O)O)cs2)c1. The van der Waals surface area contributed by atoms with E-state index in [1.807, 2.05) is 38.1 Å². The number of carboxylic acid groups (broad SMARTS) is 1.